The van der Waals surface area contributed by atoms with Gasteiger partial charge in [-0.3, -0.25) is 9.59 Å². The third-order valence-electron chi connectivity index (χ3n) is 5.29. The molecule has 3 aromatic carbocycles. The molecule has 0 saturated heterocycles. The molecule has 0 spiro atoms. The molecule has 0 aliphatic rings. The van der Waals surface area contributed by atoms with E-state index in [0.29, 0.717) is 23.5 Å². The van der Waals surface area contributed by atoms with Crippen LogP contribution in [0.1, 0.15) is 29.2 Å². The summed E-state index contributed by atoms with van der Waals surface area (Å²) < 4.78 is 11.4. The highest BCUT2D eigenvalue weighted by molar-refractivity contribution is 6.32. The summed E-state index contributed by atoms with van der Waals surface area (Å²) in [6.07, 6.45) is 1.41. The highest BCUT2D eigenvalue weighted by Crippen LogP contribution is 2.37. The number of anilines is 2. The van der Waals surface area contributed by atoms with Crippen molar-refractivity contribution < 1.29 is 19.1 Å². The number of hydrogen-bond donors (Lipinski definition) is 2. The molecule has 190 valence electrons. The predicted octanol–water partition coefficient (Wildman–Crippen LogP) is 6.23. The van der Waals surface area contributed by atoms with Gasteiger partial charge in [0.2, 0.25) is 0 Å². The summed E-state index contributed by atoms with van der Waals surface area (Å²) in [4.78, 5) is 25.1. The van der Waals surface area contributed by atoms with Crippen molar-refractivity contribution in [3.05, 3.63) is 87.4 Å². The molecule has 0 saturated carbocycles. The van der Waals surface area contributed by atoms with Gasteiger partial charge >= 0.3 is 0 Å². The van der Waals surface area contributed by atoms with Crippen LogP contribution in [0, 0.1) is 32.1 Å². The Morgan fingerprint density at radius 2 is 1.76 bits per heavy atom. The largest absolute Gasteiger partial charge is 0.490 e. The van der Waals surface area contributed by atoms with Crippen LogP contribution in [0.25, 0.3) is 6.08 Å². The zero-order valence-corrected chi connectivity index (χ0v) is 21.9. The summed E-state index contributed by atoms with van der Waals surface area (Å²) in [6, 6.07) is 18.1. The Kier molecular flexibility index (Phi) is 9.31. The highest BCUT2D eigenvalue weighted by Gasteiger charge is 2.16. The molecule has 7 nitrogen and oxygen atoms in total. The number of benzene rings is 3. The summed E-state index contributed by atoms with van der Waals surface area (Å²) in [7, 11) is 0. The first kappa shape index (κ1) is 27.3. The first-order valence-electron chi connectivity index (χ1n) is 11.7. The molecule has 0 aliphatic carbocycles. The van der Waals surface area contributed by atoms with Crippen LogP contribution < -0.4 is 20.1 Å². The second kappa shape index (κ2) is 12.6. The monoisotopic (exact) mass is 517 g/mol. The molecule has 8 heteroatoms. The zero-order chi connectivity index (χ0) is 26.9. The number of aryl methyl sites for hydroxylation is 3. The Hall–Kier alpha value is -4.28. The van der Waals surface area contributed by atoms with Crippen molar-refractivity contribution >= 4 is 40.9 Å². The molecule has 0 unspecified atom stereocenters. The van der Waals surface area contributed by atoms with Crippen molar-refractivity contribution in [2.75, 3.05) is 23.8 Å². The van der Waals surface area contributed by atoms with Crippen molar-refractivity contribution in [2.45, 2.75) is 27.7 Å². The van der Waals surface area contributed by atoms with Gasteiger partial charge in [-0.05, 0) is 80.8 Å². The maximum absolute atomic E-state index is 12.7. The van der Waals surface area contributed by atoms with Crippen LogP contribution in [-0.2, 0) is 9.59 Å². The third kappa shape index (κ3) is 7.60. The van der Waals surface area contributed by atoms with Crippen LogP contribution in [0.4, 0.5) is 11.4 Å². The molecule has 0 bridgehead atoms. The number of ether oxygens (including phenoxy) is 2. The first-order valence-corrected chi connectivity index (χ1v) is 12.0. The molecular formula is C29H28ClN3O4. The molecule has 0 heterocycles. The van der Waals surface area contributed by atoms with E-state index in [1.54, 1.807) is 31.2 Å². The molecule has 2 amide bonds. The molecule has 0 fully saturated rings. The van der Waals surface area contributed by atoms with E-state index in [9.17, 15) is 14.9 Å². The smallest absolute Gasteiger partial charge is 0.266 e. The summed E-state index contributed by atoms with van der Waals surface area (Å²) in [6.45, 7) is 7.62. The van der Waals surface area contributed by atoms with E-state index < -0.39 is 5.91 Å². The van der Waals surface area contributed by atoms with Gasteiger partial charge in [0.15, 0.2) is 18.1 Å². The van der Waals surface area contributed by atoms with E-state index in [0.717, 1.165) is 16.7 Å². The van der Waals surface area contributed by atoms with E-state index in [2.05, 4.69) is 10.6 Å². The van der Waals surface area contributed by atoms with Crippen LogP contribution in [0.15, 0.2) is 60.2 Å². The first-order chi connectivity index (χ1) is 17.7. The standard InChI is InChI=1S/C29H28ClN3O4/c1-5-36-26-15-21(13-22(16-31)29(35)32-23-8-6-7-18(2)12-23)14-24(30)28(26)37-17-27(34)33-25-10-9-19(3)11-20(25)4/h6-15H,5,17H2,1-4H3,(H,32,35)(H,33,34)/b22-13+. The summed E-state index contributed by atoms with van der Waals surface area (Å²) in [5.74, 6) is -0.421. The Balaban J connectivity index is 1.77. The van der Waals surface area contributed by atoms with Crippen molar-refractivity contribution in [3.8, 4) is 17.6 Å². The van der Waals surface area contributed by atoms with Crippen LogP contribution in [-0.4, -0.2) is 25.0 Å². The Bertz CT molecular complexity index is 1390. The minimum Gasteiger partial charge on any atom is -0.490 e. The lowest BCUT2D eigenvalue weighted by Gasteiger charge is -2.15. The summed E-state index contributed by atoms with van der Waals surface area (Å²) in [5, 5.41) is 15.3. The van der Waals surface area contributed by atoms with E-state index in [4.69, 9.17) is 21.1 Å². The number of rotatable bonds is 9. The average molecular weight is 518 g/mol. The second-order valence-corrected chi connectivity index (χ2v) is 8.82. The minimum absolute atomic E-state index is 0.110. The van der Waals surface area contributed by atoms with E-state index in [1.807, 2.05) is 57.2 Å². The fourth-order valence-electron chi connectivity index (χ4n) is 3.59. The number of carbonyl (C=O) groups is 2. The number of nitriles is 1. The van der Waals surface area contributed by atoms with Crippen LogP contribution in [0.3, 0.4) is 0 Å². The van der Waals surface area contributed by atoms with Crippen molar-refractivity contribution in [1.82, 2.24) is 0 Å². The Morgan fingerprint density at radius 3 is 2.43 bits per heavy atom. The van der Waals surface area contributed by atoms with Crippen LogP contribution in [0.2, 0.25) is 5.02 Å². The molecule has 3 aromatic rings. The van der Waals surface area contributed by atoms with Gasteiger partial charge in [0.25, 0.3) is 11.8 Å². The van der Waals surface area contributed by atoms with E-state index in [-0.39, 0.29) is 34.6 Å². The number of hydrogen-bond acceptors (Lipinski definition) is 5. The number of nitrogens with one attached hydrogen (secondary N) is 2. The molecule has 3 rings (SSSR count). The van der Waals surface area contributed by atoms with Crippen molar-refractivity contribution in [1.29, 1.82) is 5.26 Å². The quantitative estimate of drug-likeness (QED) is 0.259. The maximum Gasteiger partial charge on any atom is 0.266 e. The van der Waals surface area contributed by atoms with Gasteiger partial charge in [-0.15, -0.1) is 0 Å². The van der Waals surface area contributed by atoms with E-state index >= 15 is 0 Å². The Morgan fingerprint density at radius 1 is 1.00 bits per heavy atom. The van der Waals surface area contributed by atoms with Gasteiger partial charge in [0, 0.05) is 11.4 Å². The minimum atomic E-state index is -0.550. The number of amides is 2. The molecule has 0 aromatic heterocycles. The molecule has 0 aliphatic heterocycles. The molecule has 2 N–H and O–H groups in total. The molecule has 0 radical (unpaired) electrons. The zero-order valence-electron chi connectivity index (χ0n) is 21.1. The third-order valence-corrected chi connectivity index (χ3v) is 5.57. The number of halogens is 1. The SMILES string of the molecule is CCOc1cc(/C=C(\C#N)C(=O)Nc2cccc(C)c2)cc(Cl)c1OCC(=O)Nc1ccc(C)cc1C. The molecular weight excluding hydrogens is 490 g/mol. The predicted molar refractivity (Wildman–Crippen MR) is 146 cm³/mol. The fraction of sp³-hybridized carbons (Fsp3) is 0.207. The fourth-order valence-corrected chi connectivity index (χ4v) is 3.86. The normalized spacial score (nSPS) is 10.9. The van der Waals surface area contributed by atoms with Gasteiger partial charge < -0.3 is 20.1 Å². The van der Waals surface area contributed by atoms with Crippen LogP contribution >= 0.6 is 11.6 Å². The van der Waals surface area contributed by atoms with Gasteiger partial charge in [-0.1, -0.05) is 41.4 Å². The maximum atomic E-state index is 12.7. The van der Waals surface area contributed by atoms with Gasteiger partial charge in [-0.25, -0.2) is 0 Å². The van der Waals surface area contributed by atoms with Gasteiger partial charge in [0.1, 0.15) is 11.6 Å². The van der Waals surface area contributed by atoms with E-state index in [1.165, 1.54) is 6.08 Å². The van der Waals surface area contributed by atoms with Crippen LogP contribution in [0.5, 0.6) is 11.5 Å². The second-order valence-electron chi connectivity index (χ2n) is 8.41. The summed E-state index contributed by atoms with van der Waals surface area (Å²) >= 11 is 6.46. The lowest BCUT2D eigenvalue weighted by Crippen LogP contribution is -2.21. The Labute approximate surface area is 221 Å². The number of carbonyl (C=O) groups excluding carboxylic acids is 2. The van der Waals surface area contributed by atoms with Crippen molar-refractivity contribution in [2.24, 2.45) is 0 Å². The highest BCUT2D eigenvalue weighted by atomic mass is 35.5. The average Bonchev–Trinajstić information content (AvgIpc) is 2.84. The van der Waals surface area contributed by atoms with Gasteiger partial charge in [0.05, 0.1) is 11.6 Å². The molecule has 37 heavy (non-hydrogen) atoms. The lowest BCUT2D eigenvalue weighted by atomic mass is 10.1. The summed E-state index contributed by atoms with van der Waals surface area (Å²) in [5.41, 5.74) is 4.66. The van der Waals surface area contributed by atoms with Crippen molar-refractivity contribution in [3.63, 3.8) is 0 Å². The topological polar surface area (TPSA) is 100 Å². The lowest BCUT2D eigenvalue weighted by molar-refractivity contribution is -0.118. The number of nitrogens with zero attached hydrogens (tertiary/aromatic N) is 1. The van der Waals surface area contributed by atoms with Gasteiger partial charge in [-0.2, -0.15) is 5.26 Å². The molecule has 0 atom stereocenters.